The number of hydrogen-bond acceptors (Lipinski definition) is 2. The summed E-state index contributed by atoms with van der Waals surface area (Å²) in [6, 6.07) is 10.5. The molecular weight excluding hydrogens is 228 g/mol. The van der Waals surface area contributed by atoms with E-state index < -0.39 is 0 Å². The molecule has 0 heterocycles. The SMILES string of the molecule is CC(C)CCCOCC(CS)c1ccccc1. The first-order valence-electron chi connectivity index (χ1n) is 6.47. The maximum Gasteiger partial charge on any atom is 0.0542 e. The Labute approximate surface area is 111 Å². The monoisotopic (exact) mass is 252 g/mol. The van der Waals surface area contributed by atoms with Gasteiger partial charge in [-0.05, 0) is 30.1 Å². The van der Waals surface area contributed by atoms with Crippen LogP contribution in [0.1, 0.15) is 38.2 Å². The topological polar surface area (TPSA) is 9.23 Å². The summed E-state index contributed by atoms with van der Waals surface area (Å²) in [6.45, 7) is 6.15. The van der Waals surface area contributed by atoms with E-state index in [0.29, 0.717) is 5.92 Å². The van der Waals surface area contributed by atoms with Crippen molar-refractivity contribution in [1.29, 1.82) is 0 Å². The Bertz CT molecular complexity index is 284. The average Bonchev–Trinajstić information content (AvgIpc) is 2.34. The smallest absolute Gasteiger partial charge is 0.0542 e. The van der Waals surface area contributed by atoms with Gasteiger partial charge < -0.3 is 4.74 Å². The van der Waals surface area contributed by atoms with Crippen LogP contribution < -0.4 is 0 Å². The molecule has 96 valence electrons. The Balaban J connectivity index is 2.24. The molecule has 1 rings (SSSR count). The summed E-state index contributed by atoms with van der Waals surface area (Å²) < 4.78 is 5.74. The fourth-order valence-corrected chi connectivity index (χ4v) is 2.12. The number of thiol groups is 1. The van der Waals surface area contributed by atoms with E-state index in [9.17, 15) is 0 Å². The van der Waals surface area contributed by atoms with Crippen molar-refractivity contribution in [3.63, 3.8) is 0 Å². The molecule has 17 heavy (non-hydrogen) atoms. The van der Waals surface area contributed by atoms with Crippen LogP contribution in [0.3, 0.4) is 0 Å². The van der Waals surface area contributed by atoms with Crippen molar-refractivity contribution in [3.05, 3.63) is 35.9 Å². The van der Waals surface area contributed by atoms with Crippen LogP contribution in [0, 0.1) is 5.92 Å². The zero-order chi connectivity index (χ0) is 12.5. The predicted octanol–water partition coefficient (Wildman–Crippen LogP) is 4.15. The van der Waals surface area contributed by atoms with Crippen LogP contribution in [0.2, 0.25) is 0 Å². The van der Waals surface area contributed by atoms with E-state index in [1.807, 2.05) is 6.07 Å². The number of hydrogen-bond donors (Lipinski definition) is 1. The molecule has 1 aromatic carbocycles. The number of rotatable bonds is 8. The van der Waals surface area contributed by atoms with Gasteiger partial charge in [0.05, 0.1) is 6.61 Å². The summed E-state index contributed by atoms with van der Waals surface area (Å²) in [4.78, 5) is 0. The molecule has 0 aliphatic heterocycles. The summed E-state index contributed by atoms with van der Waals surface area (Å²) in [5.74, 6) is 2.03. The van der Waals surface area contributed by atoms with E-state index in [-0.39, 0.29) is 0 Å². The molecule has 0 aromatic heterocycles. The van der Waals surface area contributed by atoms with Crippen molar-refractivity contribution in [1.82, 2.24) is 0 Å². The van der Waals surface area contributed by atoms with Gasteiger partial charge in [-0.2, -0.15) is 12.6 Å². The van der Waals surface area contributed by atoms with E-state index in [4.69, 9.17) is 4.74 Å². The summed E-state index contributed by atoms with van der Waals surface area (Å²) in [7, 11) is 0. The molecule has 0 saturated carbocycles. The van der Waals surface area contributed by atoms with Crippen LogP contribution in [0.5, 0.6) is 0 Å². The molecule has 0 fully saturated rings. The minimum atomic E-state index is 0.415. The second kappa shape index (κ2) is 8.60. The highest BCUT2D eigenvalue weighted by molar-refractivity contribution is 7.80. The van der Waals surface area contributed by atoms with Crippen molar-refractivity contribution in [3.8, 4) is 0 Å². The van der Waals surface area contributed by atoms with E-state index in [1.165, 1.54) is 12.0 Å². The van der Waals surface area contributed by atoms with E-state index in [2.05, 4.69) is 50.7 Å². The third kappa shape index (κ3) is 6.13. The lowest BCUT2D eigenvalue weighted by molar-refractivity contribution is 0.118. The Kier molecular flexibility index (Phi) is 7.38. The number of ether oxygens (including phenoxy) is 1. The quantitative estimate of drug-likeness (QED) is 0.540. The van der Waals surface area contributed by atoms with Crippen molar-refractivity contribution in [2.75, 3.05) is 19.0 Å². The van der Waals surface area contributed by atoms with Crippen LogP contribution in [-0.4, -0.2) is 19.0 Å². The van der Waals surface area contributed by atoms with Crippen LogP contribution in [0.25, 0.3) is 0 Å². The minimum absolute atomic E-state index is 0.415. The molecule has 0 aliphatic rings. The van der Waals surface area contributed by atoms with Gasteiger partial charge in [0.2, 0.25) is 0 Å². The highest BCUT2D eigenvalue weighted by atomic mass is 32.1. The third-order valence-corrected chi connectivity index (χ3v) is 3.32. The van der Waals surface area contributed by atoms with Crippen LogP contribution in [-0.2, 0) is 4.74 Å². The standard InChI is InChI=1S/C15H24OS/c1-13(2)7-6-10-16-11-15(12-17)14-8-4-3-5-9-14/h3-5,8-9,13,15,17H,6-7,10-12H2,1-2H3. The molecule has 0 amide bonds. The Hall–Kier alpha value is -0.470. The lowest BCUT2D eigenvalue weighted by Gasteiger charge is -2.15. The van der Waals surface area contributed by atoms with Crippen molar-refractivity contribution >= 4 is 12.6 Å². The molecule has 2 heteroatoms. The lowest BCUT2D eigenvalue weighted by Crippen LogP contribution is -2.10. The van der Waals surface area contributed by atoms with Gasteiger partial charge in [-0.3, -0.25) is 0 Å². The van der Waals surface area contributed by atoms with Gasteiger partial charge >= 0.3 is 0 Å². The molecule has 0 aliphatic carbocycles. The molecule has 0 N–H and O–H groups in total. The van der Waals surface area contributed by atoms with Gasteiger partial charge in [0.25, 0.3) is 0 Å². The zero-order valence-corrected chi connectivity index (χ0v) is 11.8. The fraction of sp³-hybridized carbons (Fsp3) is 0.600. The molecule has 1 atom stereocenters. The predicted molar refractivity (Wildman–Crippen MR) is 77.9 cm³/mol. The maximum atomic E-state index is 5.74. The summed E-state index contributed by atoms with van der Waals surface area (Å²) in [6.07, 6.45) is 2.41. The van der Waals surface area contributed by atoms with Gasteiger partial charge in [-0.15, -0.1) is 0 Å². The third-order valence-electron chi connectivity index (χ3n) is 2.88. The van der Waals surface area contributed by atoms with E-state index in [0.717, 1.165) is 31.3 Å². The maximum absolute atomic E-state index is 5.74. The summed E-state index contributed by atoms with van der Waals surface area (Å²) in [5, 5.41) is 0. The van der Waals surface area contributed by atoms with Gasteiger partial charge in [0, 0.05) is 12.5 Å². The molecule has 1 unspecified atom stereocenters. The first-order valence-corrected chi connectivity index (χ1v) is 7.10. The van der Waals surface area contributed by atoms with Crippen LogP contribution in [0.15, 0.2) is 30.3 Å². The minimum Gasteiger partial charge on any atom is -0.381 e. The Morgan fingerprint density at radius 3 is 2.47 bits per heavy atom. The highest BCUT2D eigenvalue weighted by Crippen LogP contribution is 2.17. The van der Waals surface area contributed by atoms with Crippen molar-refractivity contribution in [2.45, 2.75) is 32.6 Å². The van der Waals surface area contributed by atoms with Crippen LogP contribution >= 0.6 is 12.6 Å². The molecular formula is C15H24OS. The number of benzene rings is 1. The van der Waals surface area contributed by atoms with Crippen molar-refractivity contribution < 1.29 is 4.74 Å². The summed E-state index contributed by atoms with van der Waals surface area (Å²) in [5.41, 5.74) is 1.33. The van der Waals surface area contributed by atoms with E-state index in [1.54, 1.807) is 0 Å². The summed E-state index contributed by atoms with van der Waals surface area (Å²) >= 11 is 4.40. The molecule has 0 radical (unpaired) electrons. The molecule has 0 saturated heterocycles. The molecule has 1 nitrogen and oxygen atoms in total. The average molecular weight is 252 g/mol. The van der Waals surface area contributed by atoms with Gasteiger partial charge in [0.15, 0.2) is 0 Å². The largest absolute Gasteiger partial charge is 0.381 e. The first kappa shape index (κ1) is 14.6. The molecule has 0 bridgehead atoms. The van der Waals surface area contributed by atoms with Gasteiger partial charge in [-0.1, -0.05) is 44.2 Å². The molecule has 1 aromatic rings. The van der Waals surface area contributed by atoms with Gasteiger partial charge in [0.1, 0.15) is 0 Å². The second-order valence-corrected chi connectivity index (χ2v) is 5.27. The van der Waals surface area contributed by atoms with Crippen molar-refractivity contribution in [2.24, 2.45) is 5.92 Å². The van der Waals surface area contributed by atoms with Crippen LogP contribution in [0.4, 0.5) is 0 Å². The normalized spacial score (nSPS) is 12.9. The first-order chi connectivity index (χ1) is 8.24. The Morgan fingerprint density at radius 2 is 1.88 bits per heavy atom. The lowest BCUT2D eigenvalue weighted by atomic mass is 10.0. The van der Waals surface area contributed by atoms with Gasteiger partial charge in [-0.25, -0.2) is 0 Å². The van der Waals surface area contributed by atoms with E-state index >= 15 is 0 Å². The molecule has 0 spiro atoms. The highest BCUT2D eigenvalue weighted by Gasteiger charge is 2.09. The zero-order valence-electron chi connectivity index (χ0n) is 10.9. The fourth-order valence-electron chi connectivity index (χ4n) is 1.80. The Morgan fingerprint density at radius 1 is 1.18 bits per heavy atom. The second-order valence-electron chi connectivity index (χ2n) is 4.90.